The van der Waals surface area contributed by atoms with Crippen LogP contribution < -0.4 is 5.56 Å². The van der Waals surface area contributed by atoms with Gasteiger partial charge in [-0.2, -0.15) is 8.42 Å². The number of ether oxygens (including phenoxy) is 3. The van der Waals surface area contributed by atoms with Gasteiger partial charge in [-0.05, 0) is 13.8 Å². The van der Waals surface area contributed by atoms with Crippen LogP contribution in [-0.4, -0.2) is 64.9 Å². The lowest BCUT2D eigenvalue weighted by molar-refractivity contribution is -0.198. The van der Waals surface area contributed by atoms with E-state index in [1.807, 2.05) is 0 Å². The van der Waals surface area contributed by atoms with Crippen LogP contribution in [0.5, 0.6) is 0 Å². The quantitative estimate of drug-likeness (QED) is 0.691. The lowest BCUT2D eigenvalue weighted by Gasteiger charge is -2.24. The highest BCUT2D eigenvalue weighted by molar-refractivity contribution is 7.85. The molecule has 0 aliphatic carbocycles. The largest absolute Gasteiger partial charge is 0.347 e. The van der Waals surface area contributed by atoms with Crippen LogP contribution >= 0.6 is 0 Å². The van der Waals surface area contributed by atoms with Crippen molar-refractivity contribution in [3.63, 3.8) is 0 Å². The van der Waals surface area contributed by atoms with Gasteiger partial charge in [-0.25, -0.2) is 9.97 Å². The topological polar surface area (TPSA) is 135 Å². The van der Waals surface area contributed by atoms with Crippen molar-refractivity contribution in [2.75, 3.05) is 12.9 Å². The first-order chi connectivity index (χ1) is 12.1. The zero-order valence-corrected chi connectivity index (χ0v) is 15.1. The highest BCUT2D eigenvalue weighted by Crippen LogP contribution is 2.43. The van der Waals surface area contributed by atoms with Crippen molar-refractivity contribution in [3.8, 4) is 0 Å². The Morgan fingerprint density at radius 2 is 2.04 bits per heavy atom. The number of nitrogens with zero attached hydrogens (tertiary/aromatic N) is 3. The summed E-state index contributed by atoms with van der Waals surface area (Å²) < 4.78 is 46.8. The van der Waals surface area contributed by atoms with Gasteiger partial charge in [0.15, 0.2) is 23.2 Å². The molecule has 2 aliphatic rings. The van der Waals surface area contributed by atoms with Gasteiger partial charge in [0.1, 0.15) is 18.3 Å². The number of aromatic amines is 1. The van der Waals surface area contributed by atoms with Crippen LogP contribution in [0.4, 0.5) is 0 Å². The average Bonchev–Trinajstić information content (AvgIpc) is 3.16. The fourth-order valence-electron chi connectivity index (χ4n) is 3.26. The molecule has 0 unspecified atom stereocenters. The number of fused-ring (bicyclic) bond motifs is 2. The number of H-pyrrole nitrogens is 1. The minimum atomic E-state index is -3.63. The molecule has 0 amide bonds. The highest BCUT2D eigenvalue weighted by atomic mass is 32.2. The Balaban J connectivity index is 1.69. The van der Waals surface area contributed by atoms with Crippen LogP contribution in [-0.2, 0) is 28.5 Å². The summed E-state index contributed by atoms with van der Waals surface area (Å²) in [6, 6.07) is 0. The lowest BCUT2D eigenvalue weighted by atomic mass is 10.1. The summed E-state index contributed by atoms with van der Waals surface area (Å²) in [5, 5.41) is 0. The molecule has 0 radical (unpaired) electrons. The van der Waals surface area contributed by atoms with E-state index < -0.39 is 40.4 Å². The SMILES string of the molecule is CC1(C)O[C@@H]2[C@H](O1)[C@H](COS(C)(=O)=O)O[C@@H]2n1cnc2c(=O)[nH]cnc21. The zero-order valence-electron chi connectivity index (χ0n) is 14.3. The fourth-order valence-corrected chi connectivity index (χ4v) is 3.64. The number of aromatic nitrogens is 4. The van der Waals surface area contributed by atoms with Gasteiger partial charge < -0.3 is 19.2 Å². The Kier molecular flexibility index (Phi) is 3.93. The van der Waals surface area contributed by atoms with Gasteiger partial charge in [0.2, 0.25) is 0 Å². The van der Waals surface area contributed by atoms with Crippen LogP contribution in [0.15, 0.2) is 17.4 Å². The number of hydrogen-bond donors (Lipinski definition) is 1. The van der Waals surface area contributed by atoms with Crippen LogP contribution in [0.25, 0.3) is 11.2 Å². The van der Waals surface area contributed by atoms with Gasteiger partial charge >= 0.3 is 0 Å². The Bertz CT molecular complexity index is 998. The highest BCUT2D eigenvalue weighted by Gasteiger charge is 2.56. The molecular formula is C14H18N4O7S. The van der Waals surface area contributed by atoms with Crippen LogP contribution in [0.3, 0.4) is 0 Å². The molecule has 2 aromatic heterocycles. The number of nitrogens with one attached hydrogen (secondary N) is 1. The molecule has 2 aliphatic heterocycles. The van der Waals surface area contributed by atoms with E-state index in [1.165, 1.54) is 12.7 Å². The molecule has 0 bridgehead atoms. The first-order valence-electron chi connectivity index (χ1n) is 7.90. The smallest absolute Gasteiger partial charge is 0.278 e. The molecule has 1 N–H and O–H groups in total. The number of rotatable bonds is 4. The predicted molar refractivity (Wildman–Crippen MR) is 86.7 cm³/mol. The van der Waals surface area contributed by atoms with Crippen molar-refractivity contribution in [2.24, 2.45) is 0 Å². The average molecular weight is 386 g/mol. The Labute approximate surface area is 148 Å². The Morgan fingerprint density at radius 1 is 1.31 bits per heavy atom. The van der Waals surface area contributed by atoms with Gasteiger partial charge in [-0.15, -0.1) is 0 Å². The molecule has 11 nitrogen and oxygen atoms in total. The van der Waals surface area contributed by atoms with Gasteiger partial charge in [0.25, 0.3) is 15.7 Å². The summed E-state index contributed by atoms with van der Waals surface area (Å²) in [6.45, 7) is 3.30. The molecule has 4 heterocycles. The standard InChI is InChI=1S/C14H18N4O7S/c1-14(2)24-9-7(4-22-26(3,20)21)23-13(10(9)25-14)18-6-17-8-11(18)15-5-16-12(8)19/h5-7,9-10,13H,4H2,1-3H3,(H,15,16,19)/t7-,9+,10+,13-/m0/s1. The van der Waals surface area contributed by atoms with Crippen molar-refractivity contribution in [3.05, 3.63) is 23.0 Å². The van der Waals surface area contributed by atoms with E-state index in [9.17, 15) is 13.2 Å². The van der Waals surface area contributed by atoms with Crippen LogP contribution in [0.1, 0.15) is 20.1 Å². The van der Waals surface area contributed by atoms with E-state index in [0.717, 1.165) is 6.26 Å². The molecule has 2 fully saturated rings. The third kappa shape index (κ3) is 3.03. The maximum Gasteiger partial charge on any atom is 0.278 e. The molecule has 142 valence electrons. The molecular weight excluding hydrogens is 368 g/mol. The first-order valence-corrected chi connectivity index (χ1v) is 9.72. The molecule has 4 atom stereocenters. The third-order valence-corrected chi connectivity index (χ3v) is 4.78. The van der Waals surface area contributed by atoms with Gasteiger partial charge in [-0.1, -0.05) is 0 Å². The maximum atomic E-state index is 11.9. The molecule has 2 aromatic rings. The summed E-state index contributed by atoms with van der Waals surface area (Å²) in [4.78, 5) is 22.5. The molecule has 0 saturated carbocycles. The van der Waals surface area contributed by atoms with Crippen LogP contribution in [0, 0.1) is 0 Å². The molecule has 2 saturated heterocycles. The first kappa shape index (κ1) is 17.5. The summed E-state index contributed by atoms with van der Waals surface area (Å²) >= 11 is 0. The van der Waals surface area contributed by atoms with Crippen molar-refractivity contribution in [1.29, 1.82) is 0 Å². The van der Waals surface area contributed by atoms with E-state index >= 15 is 0 Å². The lowest BCUT2D eigenvalue weighted by Crippen LogP contribution is -2.33. The normalized spacial score (nSPS) is 30.7. The number of hydrogen-bond acceptors (Lipinski definition) is 9. The van der Waals surface area contributed by atoms with Crippen molar-refractivity contribution < 1.29 is 26.8 Å². The van der Waals surface area contributed by atoms with E-state index in [1.54, 1.807) is 18.4 Å². The van der Waals surface area contributed by atoms with Crippen LogP contribution in [0.2, 0.25) is 0 Å². The van der Waals surface area contributed by atoms with E-state index in [-0.39, 0.29) is 17.7 Å². The van der Waals surface area contributed by atoms with Crippen molar-refractivity contribution in [1.82, 2.24) is 19.5 Å². The molecule has 26 heavy (non-hydrogen) atoms. The van der Waals surface area contributed by atoms with E-state index in [2.05, 4.69) is 15.0 Å². The summed E-state index contributed by atoms with van der Waals surface area (Å²) in [5.74, 6) is -0.873. The predicted octanol–water partition coefficient (Wildman–Crippen LogP) is -0.487. The molecule has 0 aromatic carbocycles. The van der Waals surface area contributed by atoms with Crippen molar-refractivity contribution >= 4 is 21.3 Å². The second-order valence-electron chi connectivity index (χ2n) is 6.67. The monoisotopic (exact) mass is 386 g/mol. The number of imidazole rings is 1. The van der Waals surface area contributed by atoms with Gasteiger partial charge in [-0.3, -0.25) is 13.5 Å². The summed E-state index contributed by atoms with van der Waals surface area (Å²) in [6.07, 6.45) is 1.20. The fraction of sp³-hybridized carbons (Fsp3) is 0.643. The second-order valence-corrected chi connectivity index (χ2v) is 8.32. The maximum absolute atomic E-state index is 11.9. The minimum absolute atomic E-state index is 0.168. The molecule has 0 spiro atoms. The van der Waals surface area contributed by atoms with E-state index in [4.69, 9.17) is 18.4 Å². The third-order valence-electron chi connectivity index (χ3n) is 4.21. The second kappa shape index (κ2) is 5.82. The Morgan fingerprint density at radius 3 is 2.77 bits per heavy atom. The molecule has 4 rings (SSSR count). The minimum Gasteiger partial charge on any atom is -0.347 e. The summed E-state index contributed by atoms with van der Waals surface area (Å²) in [7, 11) is -3.63. The Hall–Kier alpha value is -1.86. The van der Waals surface area contributed by atoms with Gasteiger partial charge in [0, 0.05) is 0 Å². The van der Waals surface area contributed by atoms with Gasteiger partial charge in [0.05, 0.1) is 25.5 Å². The van der Waals surface area contributed by atoms with Crippen molar-refractivity contribution in [2.45, 2.75) is 44.2 Å². The summed E-state index contributed by atoms with van der Waals surface area (Å²) in [5.41, 5.74) is 0.126. The van der Waals surface area contributed by atoms with E-state index in [0.29, 0.717) is 5.65 Å². The molecule has 12 heteroatoms. The zero-order chi connectivity index (χ0) is 18.7.